The number of ketones is 2. The SMILES string of the molecule is COCCCOCCCC(=O)CCCC(=O)Nc1ccc2c(c1)C(COC(=O)ON1C(=O)CCC1=O)c1cccc(C(=O)CCCOC(C)C)c1-2. The van der Waals surface area contributed by atoms with Gasteiger partial charge in [0.2, 0.25) is 5.91 Å². The molecular weight excluding hydrogens is 660 g/mol. The quantitative estimate of drug-likeness (QED) is 0.0669. The number of nitrogens with one attached hydrogen (secondary N) is 1. The average Bonchev–Trinajstić information content (AvgIpc) is 3.59. The van der Waals surface area contributed by atoms with Crippen LogP contribution < -0.4 is 5.32 Å². The molecule has 1 aliphatic heterocycles. The van der Waals surface area contributed by atoms with Gasteiger partial charge < -0.3 is 24.3 Å². The molecule has 13 heteroatoms. The van der Waals surface area contributed by atoms with Crippen molar-refractivity contribution in [1.82, 2.24) is 5.06 Å². The van der Waals surface area contributed by atoms with Crippen molar-refractivity contribution in [2.45, 2.75) is 90.1 Å². The highest BCUT2D eigenvalue weighted by Crippen LogP contribution is 2.48. The summed E-state index contributed by atoms with van der Waals surface area (Å²) in [6.45, 7) is 5.84. The zero-order valence-corrected chi connectivity index (χ0v) is 29.7. The van der Waals surface area contributed by atoms with Crippen molar-refractivity contribution in [2.75, 3.05) is 45.5 Å². The van der Waals surface area contributed by atoms with Gasteiger partial charge in [-0.05, 0) is 73.9 Å². The number of nitrogens with zero attached hydrogens (tertiary/aromatic N) is 1. The predicted octanol–water partition coefficient (Wildman–Crippen LogP) is 5.92. The van der Waals surface area contributed by atoms with E-state index in [1.165, 1.54) is 0 Å². The maximum absolute atomic E-state index is 13.4. The molecule has 2 aliphatic rings. The van der Waals surface area contributed by atoms with Crippen LogP contribution in [0.5, 0.6) is 0 Å². The minimum atomic E-state index is -1.21. The maximum Gasteiger partial charge on any atom is 0.533 e. The third kappa shape index (κ3) is 11.5. The lowest BCUT2D eigenvalue weighted by Crippen LogP contribution is -2.32. The molecule has 1 saturated heterocycles. The van der Waals surface area contributed by atoms with Gasteiger partial charge in [0.25, 0.3) is 11.8 Å². The second-order valence-electron chi connectivity index (χ2n) is 12.8. The largest absolute Gasteiger partial charge is 0.533 e. The van der Waals surface area contributed by atoms with Crippen molar-refractivity contribution in [1.29, 1.82) is 0 Å². The van der Waals surface area contributed by atoms with E-state index in [0.717, 1.165) is 17.5 Å². The number of rotatable bonds is 22. The molecule has 2 aromatic rings. The Kier molecular flexibility index (Phi) is 15.3. The number of ether oxygens (including phenoxy) is 4. The highest BCUT2D eigenvalue weighted by molar-refractivity contribution is 6.05. The van der Waals surface area contributed by atoms with Crippen LogP contribution in [0.3, 0.4) is 0 Å². The number of amides is 3. The Morgan fingerprint density at radius 3 is 2.31 bits per heavy atom. The molecule has 4 rings (SSSR count). The normalized spacial score (nSPS) is 14.8. The number of carbonyl (C=O) groups excluding carboxylic acids is 6. The molecular formula is C38H48N2O11. The summed E-state index contributed by atoms with van der Waals surface area (Å²) in [6.07, 6.45) is 2.28. The van der Waals surface area contributed by atoms with Crippen LogP contribution in [0.15, 0.2) is 36.4 Å². The van der Waals surface area contributed by atoms with Crippen LogP contribution >= 0.6 is 0 Å². The van der Waals surface area contributed by atoms with Crippen molar-refractivity contribution >= 4 is 41.1 Å². The fourth-order valence-electron chi connectivity index (χ4n) is 6.07. The second-order valence-corrected chi connectivity index (χ2v) is 12.8. The molecule has 1 fully saturated rings. The molecule has 0 aromatic heterocycles. The lowest BCUT2D eigenvalue weighted by molar-refractivity contribution is -0.177. The predicted molar refractivity (Wildman–Crippen MR) is 186 cm³/mol. The van der Waals surface area contributed by atoms with Crippen molar-refractivity contribution in [3.8, 4) is 11.1 Å². The van der Waals surface area contributed by atoms with E-state index in [2.05, 4.69) is 5.32 Å². The Morgan fingerprint density at radius 1 is 0.843 bits per heavy atom. The number of imide groups is 1. The molecule has 2 aromatic carbocycles. The van der Waals surface area contributed by atoms with E-state index in [0.29, 0.717) is 86.0 Å². The van der Waals surface area contributed by atoms with Crippen molar-refractivity contribution < 1.29 is 52.6 Å². The van der Waals surface area contributed by atoms with Crippen LogP contribution in [0.4, 0.5) is 10.5 Å². The molecule has 3 amide bonds. The van der Waals surface area contributed by atoms with Gasteiger partial charge in [-0.25, -0.2) is 4.79 Å². The van der Waals surface area contributed by atoms with Crippen molar-refractivity contribution in [3.05, 3.63) is 53.1 Å². The molecule has 1 aliphatic carbocycles. The van der Waals surface area contributed by atoms with Crippen LogP contribution in [0.25, 0.3) is 11.1 Å². The van der Waals surface area contributed by atoms with Gasteiger partial charge in [-0.3, -0.25) is 28.8 Å². The minimum Gasteiger partial charge on any atom is -0.432 e. The van der Waals surface area contributed by atoms with Gasteiger partial charge in [0, 0.05) is 89.2 Å². The summed E-state index contributed by atoms with van der Waals surface area (Å²) in [5.41, 5.74) is 3.96. The summed E-state index contributed by atoms with van der Waals surface area (Å²) in [5, 5.41) is 3.31. The van der Waals surface area contributed by atoms with E-state index in [9.17, 15) is 28.8 Å². The van der Waals surface area contributed by atoms with E-state index >= 15 is 0 Å². The highest BCUT2D eigenvalue weighted by atomic mass is 16.8. The van der Waals surface area contributed by atoms with Crippen LogP contribution in [0, 0.1) is 0 Å². The zero-order valence-electron chi connectivity index (χ0n) is 29.7. The van der Waals surface area contributed by atoms with E-state index in [1.54, 1.807) is 31.4 Å². The molecule has 1 unspecified atom stereocenters. The maximum atomic E-state index is 13.4. The standard InChI is InChI=1S/C38H48N2O11/c1-25(2)49-22-7-13-33(42)30-12-5-11-28-32(24-50-38(46)51-40-35(44)17-18-36(40)45)31-23-26(15-16-29(31)37(28)30)39-34(43)14-4-9-27(41)10-6-20-48-21-8-19-47-3/h5,11-12,15-16,23,25,32H,4,6-10,13-14,17-22,24H2,1-3H3,(H,39,43). The van der Waals surface area contributed by atoms with Gasteiger partial charge in [0.1, 0.15) is 12.4 Å². The third-order valence-electron chi connectivity index (χ3n) is 8.53. The van der Waals surface area contributed by atoms with E-state index in [4.69, 9.17) is 23.8 Å². The van der Waals surface area contributed by atoms with Crippen LogP contribution in [-0.4, -0.2) is 86.8 Å². The first-order valence-corrected chi connectivity index (χ1v) is 17.6. The summed E-state index contributed by atoms with van der Waals surface area (Å²) in [5.74, 6) is -2.02. The summed E-state index contributed by atoms with van der Waals surface area (Å²) >= 11 is 0. The Balaban J connectivity index is 1.41. The minimum absolute atomic E-state index is 0.0495. The van der Waals surface area contributed by atoms with E-state index in [-0.39, 0.29) is 55.9 Å². The second kappa shape index (κ2) is 19.8. The zero-order chi connectivity index (χ0) is 36.8. The lowest BCUT2D eigenvalue weighted by atomic mass is 9.93. The topological polar surface area (TPSA) is 164 Å². The molecule has 1 heterocycles. The molecule has 0 radical (unpaired) electrons. The summed E-state index contributed by atoms with van der Waals surface area (Å²) in [4.78, 5) is 79.9. The lowest BCUT2D eigenvalue weighted by Gasteiger charge is -2.17. The van der Waals surface area contributed by atoms with Gasteiger partial charge in [-0.1, -0.05) is 29.3 Å². The summed E-state index contributed by atoms with van der Waals surface area (Å²) < 4.78 is 21.5. The van der Waals surface area contributed by atoms with Crippen LogP contribution in [0.1, 0.15) is 105 Å². The Morgan fingerprint density at radius 2 is 1.57 bits per heavy atom. The number of anilines is 1. The third-order valence-corrected chi connectivity index (χ3v) is 8.53. The molecule has 276 valence electrons. The Labute approximate surface area is 298 Å². The molecule has 1 atom stereocenters. The number of Topliss-reactive ketones (excluding diaryl/α,β-unsaturated/α-hetero) is 2. The molecule has 51 heavy (non-hydrogen) atoms. The first kappa shape index (κ1) is 39.3. The fourth-order valence-corrected chi connectivity index (χ4v) is 6.07. The number of hydrogen-bond acceptors (Lipinski definition) is 11. The highest BCUT2D eigenvalue weighted by Gasteiger charge is 2.36. The molecule has 0 bridgehead atoms. The number of fused-ring (bicyclic) bond motifs is 3. The van der Waals surface area contributed by atoms with E-state index in [1.807, 2.05) is 26.0 Å². The van der Waals surface area contributed by atoms with Crippen molar-refractivity contribution in [2.24, 2.45) is 0 Å². The van der Waals surface area contributed by atoms with Gasteiger partial charge in [0.15, 0.2) is 5.78 Å². The smallest absolute Gasteiger partial charge is 0.432 e. The molecule has 0 saturated carbocycles. The van der Waals surface area contributed by atoms with E-state index < -0.39 is 23.9 Å². The number of benzene rings is 2. The molecule has 0 spiro atoms. The number of hydrogen-bond donors (Lipinski definition) is 1. The van der Waals surface area contributed by atoms with Gasteiger partial charge in [-0.2, -0.15) is 0 Å². The van der Waals surface area contributed by atoms with Crippen LogP contribution in [-0.2, 0) is 43.0 Å². The van der Waals surface area contributed by atoms with Gasteiger partial charge in [-0.15, -0.1) is 0 Å². The first-order chi connectivity index (χ1) is 24.6. The van der Waals surface area contributed by atoms with Crippen LogP contribution in [0.2, 0.25) is 0 Å². The monoisotopic (exact) mass is 708 g/mol. The van der Waals surface area contributed by atoms with Gasteiger partial charge in [0.05, 0.1) is 6.10 Å². The number of methoxy groups -OCH3 is 1. The molecule has 1 N–H and O–H groups in total. The summed E-state index contributed by atoms with van der Waals surface area (Å²) in [7, 11) is 1.64. The Bertz CT molecular complexity index is 1550. The summed E-state index contributed by atoms with van der Waals surface area (Å²) in [6, 6.07) is 10.7. The number of carbonyl (C=O) groups is 6. The van der Waals surface area contributed by atoms with Gasteiger partial charge >= 0.3 is 6.16 Å². The molecule has 13 nitrogen and oxygen atoms in total. The average molecular weight is 709 g/mol. The number of hydroxylamine groups is 2. The van der Waals surface area contributed by atoms with Crippen molar-refractivity contribution in [3.63, 3.8) is 0 Å². The first-order valence-electron chi connectivity index (χ1n) is 17.6. The fraction of sp³-hybridized carbons (Fsp3) is 0.526. The Hall–Kier alpha value is -4.46.